The van der Waals surface area contributed by atoms with E-state index in [-0.39, 0.29) is 24.9 Å². The average molecular weight is 244 g/mol. The predicted molar refractivity (Wildman–Crippen MR) is 62.2 cm³/mol. The standard InChI is InChI=1S/C11H20N2O4/c1-5-6-13(8-11(16)17-4)10(15)7-12(3)9(2)14/h5-8H2,1-4H3. The number of esters is 1. The molecule has 0 aromatic carbocycles. The Labute approximate surface area is 102 Å². The highest BCUT2D eigenvalue weighted by atomic mass is 16.5. The first kappa shape index (κ1) is 15.4. The maximum atomic E-state index is 11.8. The molecule has 0 aliphatic heterocycles. The molecule has 0 heterocycles. The molecule has 0 saturated carbocycles. The van der Waals surface area contributed by atoms with Gasteiger partial charge in [-0.2, -0.15) is 0 Å². The van der Waals surface area contributed by atoms with Gasteiger partial charge in [-0.05, 0) is 6.42 Å². The molecule has 0 unspecified atom stereocenters. The number of hydrogen-bond donors (Lipinski definition) is 0. The van der Waals surface area contributed by atoms with E-state index in [9.17, 15) is 14.4 Å². The number of likely N-dealkylation sites (N-methyl/N-ethyl adjacent to an activating group) is 1. The fraction of sp³-hybridized carbons (Fsp3) is 0.727. The number of rotatable bonds is 6. The van der Waals surface area contributed by atoms with Gasteiger partial charge in [-0.1, -0.05) is 6.92 Å². The van der Waals surface area contributed by atoms with E-state index in [1.807, 2.05) is 6.92 Å². The number of hydrogen-bond acceptors (Lipinski definition) is 4. The van der Waals surface area contributed by atoms with Gasteiger partial charge in [0.05, 0.1) is 13.7 Å². The van der Waals surface area contributed by atoms with Crippen molar-refractivity contribution in [3.05, 3.63) is 0 Å². The molecule has 2 amide bonds. The molecule has 0 bridgehead atoms. The second-order valence-corrected chi connectivity index (χ2v) is 3.77. The average Bonchev–Trinajstić information content (AvgIpc) is 2.27. The van der Waals surface area contributed by atoms with Crippen LogP contribution in [0.4, 0.5) is 0 Å². The lowest BCUT2D eigenvalue weighted by molar-refractivity contribution is -0.148. The summed E-state index contributed by atoms with van der Waals surface area (Å²) in [5, 5.41) is 0. The molecule has 0 atom stereocenters. The van der Waals surface area contributed by atoms with Gasteiger partial charge in [0.15, 0.2) is 0 Å². The second-order valence-electron chi connectivity index (χ2n) is 3.77. The highest BCUT2D eigenvalue weighted by molar-refractivity contribution is 5.86. The Morgan fingerprint density at radius 1 is 1.18 bits per heavy atom. The maximum absolute atomic E-state index is 11.8. The predicted octanol–water partition coefficient (Wildman–Crippen LogP) is -0.124. The first-order valence-corrected chi connectivity index (χ1v) is 5.48. The molecule has 0 aromatic rings. The summed E-state index contributed by atoms with van der Waals surface area (Å²) < 4.78 is 4.52. The number of carbonyl (C=O) groups excluding carboxylic acids is 3. The third-order valence-corrected chi connectivity index (χ3v) is 2.30. The van der Waals surface area contributed by atoms with Gasteiger partial charge in [-0.15, -0.1) is 0 Å². The summed E-state index contributed by atoms with van der Waals surface area (Å²) in [6.07, 6.45) is 0.743. The Morgan fingerprint density at radius 3 is 2.18 bits per heavy atom. The van der Waals surface area contributed by atoms with E-state index in [1.54, 1.807) is 7.05 Å². The molecule has 0 radical (unpaired) electrons. The number of ether oxygens (including phenoxy) is 1. The van der Waals surface area contributed by atoms with Crippen LogP contribution in [0.15, 0.2) is 0 Å². The minimum absolute atomic E-state index is 0.0215. The van der Waals surface area contributed by atoms with Gasteiger partial charge >= 0.3 is 5.97 Å². The van der Waals surface area contributed by atoms with Crippen molar-refractivity contribution >= 4 is 17.8 Å². The van der Waals surface area contributed by atoms with Crippen molar-refractivity contribution in [2.75, 3.05) is 33.8 Å². The van der Waals surface area contributed by atoms with Crippen molar-refractivity contribution in [3.8, 4) is 0 Å². The third-order valence-electron chi connectivity index (χ3n) is 2.30. The van der Waals surface area contributed by atoms with Crippen LogP contribution in [0.2, 0.25) is 0 Å². The molecule has 0 N–H and O–H groups in total. The lowest BCUT2D eigenvalue weighted by atomic mass is 10.3. The molecule has 0 aromatic heterocycles. The number of methoxy groups -OCH3 is 1. The number of carbonyl (C=O) groups is 3. The molecule has 6 heteroatoms. The fourth-order valence-corrected chi connectivity index (χ4v) is 1.20. The Balaban J connectivity index is 4.43. The fourth-order valence-electron chi connectivity index (χ4n) is 1.20. The maximum Gasteiger partial charge on any atom is 0.325 e. The van der Waals surface area contributed by atoms with E-state index >= 15 is 0 Å². The molecular formula is C11H20N2O4. The van der Waals surface area contributed by atoms with Crippen LogP contribution >= 0.6 is 0 Å². The smallest absolute Gasteiger partial charge is 0.325 e. The minimum atomic E-state index is -0.461. The van der Waals surface area contributed by atoms with Crippen molar-refractivity contribution in [1.29, 1.82) is 0 Å². The summed E-state index contributed by atoms with van der Waals surface area (Å²) >= 11 is 0. The van der Waals surface area contributed by atoms with Crippen LogP contribution in [-0.2, 0) is 19.1 Å². The molecule has 0 fully saturated rings. The number of amides is 2. The zero-order chi connectivity index (χ0) is 13.4. The topological polar surface area (TPSA) is 66.9 Å². The van der Waals surface area contributed by atoms with Crippen LogP contribution in [0.5, 0.6) is 0 Å². The van der Waals surface area contributed by atoms with Crippen LogP contribution in [0, 0.1) is 0 Å². The van der Waals surface area contributed by atoms with Gasteiger partial charge in [-0.25, -0.2) is 0 Å². The van der Waals surface area contributed by atoms with Crippen LogP contribution in [0.1, 0.15) is 20.3 Å². The van der Waals surface area contributed by atoms with Gasteiger partial charge in [0.25, 0.3) is 0 Å². The van der Waals surface area contributed by atoms with Crippen molar-refractivity contribution in [2.24, 2.45) is 0 Å². The summed E-state index contributed by atoms with van der Waals surface area (Å²) in [5.41, 5.74) is 0. The monoisotopic (exact) mass is 244 g/mol. The largest absolute Gasteiger partial charge is 0.468 e. The zero-order valence-corrected chi connectivity index (χ0v) is 10.9. The molecule has 0 rings (SSSR count). The molecule has 0 aliphatic rings. The number of nitrogens with zero attached hydrogens (tertiary/aromatic N) is 2. The van der Waals surface area contributed by atoms with E-state index in [0.29, 0.717) is 6.54 Å². The molecule has 6 nitrogen and oxygen atoms in total. The normalized spacial score (nSPS) is 9.65. The van der Waals surface area contributed by atoms with Gasteiger partial charge in [-0.3, -0.25) is 14.4 Å². The zero-order valence-electron chi connectivity index (χ0n) is 10.9. The van der Waals surface area contributed by atoms with Crippen molar-refractivity contribution < 1.29 is 19.1 Å². The first-order chi connectivity index (χ1) is 7.92. The van der Waals surface area contributed by atoms with Gasteiger partial charge in [0.1, 0.15) is 6.54 Å². The van der Waals surface area contributed by atoms with E-state index in [4.69, 9.17) is 0 Å². The van der Waals surface area contributed by atoms with E-state index in [1.165, 1.54) is 23.8 Å². The van der Waals surface area contributed by atoms with Gasteiger partial charge in [0.2, 0.25) is 11.8 Å². The lowest BCUT2D eigenvalue weighted by Gasteiger charge is -2.23. The first-order valence-electron chi connectivity index (χ1n) is 5.48. The highest BCUT2D eigenvalue weighted by Gasteiger charge is 2.18. The van der Waals surface area contributed by atoms with Crippen molar-refractivity contribution in [2.45, 2.75) is 20.3 Å². The Bertz CT molecular complexity index is 291. The van der Waals surface area contributed by atoms with Gasteiger partial charge in [0, 0.05) is 20.5 Å². The summed E-state index contributed by atoms with van der Waals surface area (Å²) in [5.74, 6) is -0.903. The Morgan fingerprint density at radius 2 is 1.76 bits per heavy atom. The lowest BCUT2D eigenvalue weighted by Crippen LogP contribution is -2.43. The Hall–Kier alpha value is -1.59. The quantitative estimate of drug-likeness (QED) is 0.611. The summed E-state index contributed by atoms with van der Waals surface area (Å²) in [7, 11) is 2.82. The van der Waals surface area contributed by atoms with Gasteiger partial charge < -0.3 is 14.5 Å². The second kappa shape index (κ2) is 7.65. The van der Waals surface area contributed by atoms with Crippen LogP contribution < -0.4 is 0 Å². The molecule has 17 heavy (non-hydrogen) atoms. The van der Waals surface area contributed by atoms with Crippen molar-refractivity contribution in [3.63, 3.8) is 0 Å². The molecular weight excluding hydrogens is 224 g/mol. The van der Waals surface area contributed by atoms with E-state index < -0.39 is 5.97 Å². The highest BCUT2D eigenvalue weighted by Crippen LogP contribution is 1.96. The Kier molecular flexibility index (Phi) is 6.93. The van der Waals surface area contributed by atoms with Crippen LogP contribution in [-0.4, -0.2) is 61.4 Å². The molecule has 0 saturated heterocycles. The van der Waals surface area contributed by atoms with E-state index in [2.05, 4.69) is 4.74 Å². The molecule has 0 aliphatic carbocycles. The van der Waals surface area contributed by atoms with Crippen LogP contribution in [0.3, 0.4) is 0 Å². The van der Waals surface area contributed by atoms with Crippen LogP contribution in [0.25, 0.3) is 0 Å². The summed E-state index contributed by atoms with van der Waals surface area (Å²) in [6.45, 7) is 3.67. The molecule has 98 valence electrons. The third kappa shape index (κ3) is 5.89. The SMILES string of the molecule is CCCN(CC(=O)OC)C(=O)CN(C)C(C)=O. The summed E-state index contributed by atoms with van der Waals surface area (Å²) in [6, 6.07) is 0. The van der Waals surface area contributed by atoms with Crippen molar-refractivity contribution in [1.82, 2.24) is 9.80 Å². The summed E-state index contributed by atoms with van der Waals surface area (Å²) in [4.78, 5) is 36.7. The van der Waals surface area contributed by atoms with E-state index in [0.717, 1.165) is 6.42 Å². The molecule has 0 spiro atoms. The minimum Gasteiger partial charge on any atom is -0.468 e.